The van der Waals surface area contributed by atoms with Gasteiger partial charge >= 0.3 is 0 Å². The molecule has 5 aromatic carbocycles. The normalized spacial score (nSPS) is 11.2. The van der Waals surface area contributed by atoms with E-state index in [1.54, 1.807) is 0 Å². The largest absolute Gasteiger partial charge is 0.355 e. The van der Waals surface area contributed by atoms with Crippen LogP contribution < -0.4 is 5.32 Å². The average Bonchev–Trinajstić information content (AvgIpc) is 2.94. The van der Waals surface area contributed by atoms with Gasteiger partial charge in [0, 0.05) is 28.5 Å². The van der Waals surface area contributed by atoms with Crippen LogP contribution in [0.25, 0.3) is 32.8 Å². The van der Waals surface area contributed by atoms with Crippen molar-refractivity contribution < 1.29 is 0 Å². The molecule has 0 atom stereocenters. The van der Waals surface area contributed by atoms with Gasteiger partial charge in [-0.3, -0.25) is 4.98 Å². The first-order valence-corrected chi connectivity index (χ1v) is 12.9. The number of anilines is 2. The summed E-state index contributed by atoms with van der Waals surface area (Å²) in [6.45, 7) is 4.23. The number of benzene rings is 5. The first-order chi connectivity index (χ1) is 18.1. The maximum atomic E-state index is 4.54. The lowest BCUT2D eigenvalue weighted by atomic mass is 9.99. The summed E-state index contributed by atoms with van der Waals surface area (Å²) in [6, 6.07) is 39.4. The second-order valence-electron chi connectivity index (χ2n) is 9.91. The Hall–Kier alpha value is -4.43. The van der Waals surface area contributed by atoms with Crippen LogP contribution in [0.1, 0.15) is 22.3 Å². The van der Waals surface area contributed by atoms with Crippen molar-refractivity contribution in [3.63, 3.8) is 0 Å². The highest BCUT2D eigenvalue weighted by molar-refractivity contribution is 5.98. The van der Waals surface area contributed by atoms with Gasteiger partial charge in [0.1, 0.15) is 0 Å². The van der Waals surface area contributed by atoms with Crippen molar-refractivity contribution in [3.8, 4) is 11.3 Å². The molecule has 0 radical (unpaired) electrons. The first kappa shape index (κ1) is 23.0. The van der Waals surface area contributed by atoms with Gasteiger partial charge in [0.15, 0.2) is 0 Å². The average molecular weight is 479 g/mol. The van der Waals surface area contributed by atoms with Crippen LogP contribution in [0.5, 0.6) is 0 Å². The Balaban J connectivity index is 1.15. The summed E-state index contributed by atoms with van der Waals surface area (Å²) in [7, 11) is 0. The smallest absolute Gasteiger partial charge is 0.0702 e. The number of pyridine rings is 1. The Labute approximate surface area is 218 Å². The summed E-state index contributed by atoms with van der Waals surface area (Å²) >= 11 is 0. The van der Waals surface area contributed by atoms with Crippen LogP contribution >= 0.6 is 0 Å². The molecule has 1 N–H and O–H groups in total. The second kappa shape index (κ2) is 9.91. The Morgan fingerprint density at radius 2 is 1.35 bits per heavy atom. The van der Waals surface area contributed by atoms with E-state index in [9.17, 15) is 0 Å². The summed E-state index contributed by atoms with van der Waals surface area (Å²) in [4.78, 5) is 4.54. The molecule has 0 amide bonds. The van der Waals surface area contributed by atoms with Crippen molar-refractivity contribution in [3.05, 3.63) is 138 Å². The van der Waals surface area contributed by atoms with Crippen molar-refractivity contribution >= 4 is 32.9 Å². The number of hydrogen-bond acceptors (Lipinski definition) is 2. The number of fused-ring (bicyclic) bond motifs is 2. The third-order valence-corrected chi connectivity index (χ3v) is 7.19. The molecule has 180 valence electrons. The van der Waals surface area contributed by atoms with E-state index in [-0.39, 0.29) is 0 Å². The summed E-state index contributed by atoms with van der Waals surface area (Å²) in [6.07, 6.45) is 3.97. The van der Waals surface area contributed by atoms with Gasteiger partial charge in [0.25, 0.3) is 0 Å². The van der Waals surface area contributed by atoms with E-state index in [1.807, 2.05) is 6.20 Å². The molecule has 1 heterocycles. The molecule has 37 heavy (non-hydrogen) atoms. The molecule has 0 bridgehead atoms. The molecule has 6 rings (SSSR count). The van der Waals surface area contributed by atoms with Crippen molar-refractivity contribution in [1.29, 1.82) is 0 Å². The van der Waals surface area contributed by atoms with E-state index < -0.39 is 0 Å². The molecule has 1 aromatic heterocycles. The van der Waals surface area contributed by atoms with Crippen LogP contribution in [-0.2, 0) is 12.8 Å². The molecule has 0 saturated heterocycles. The zero-order valence-corrected chi connectivity index (χ0v) is 21.3. The van der Waals surface area contributed by atoms with E-state index in [4.69, 9.17) is 0 Å². The number of hydrogen-bond donors (Lipinski definition) is 1. The van der Waals surface area contributed by atoms with Crippen molar-refractivity contribution in [1.82, 2.24) is 4.98 Å². The molecule has 0 spiro atoms. The molecule has 2 nitrogen and oxygen atoms in total. The summed E-state index contributed by atoms with van der Waals surface area (Å²) < 4.78 is 0. The molecule has 6 aromatic rings. The predicted octanol–water partition coefficient (Wildman–Crippen LogP) is 9.20. The maximum Gasteiger partial charge on any atom is 0.0702 e. The Morgan fingerprint density at radius 3 is 2.16 bits per heavy atom. The summed E-state index contributed by atoms with van der Waals surface area (Å²) in [5.74, 6) is 0. The third-order valence-electron chi connectivity index (χ3n) is 7.19. The van der Waals surface area contributed by atoms with Crippen molar-refractivity contribution in [2.24, 2.45) is 0 Å². The standard InChI is InChI=1S/C35H30N2/c1-24-7-19-34(36-23-24)28-14-11-26(12-15-28)9-10-27-13-16-30-22-31(18-17-29(30)21-27)37-35-20-8-25(2)32-5-3-4-6-33(32)35/h3-8,11-23,37H,9-10H2,1-2H3. The van der Waals surface area contributed by atoms with Crippen LogP contribution in [0.4, 0.5) is 11.4 Å². The number of nitrogens with one attached hydrogen (secondary N) is 1. The van der Waals surface area contributed by atoms with Crippen LogP contribution in [0, 0.1) is 13.8 Å². The Morgan fingerprint density at radius 1 is 0.622 bits per heavy atom. The van der Waals surface area contributed by atoms with Crippen LogP contribution in [0.2, 0.25) is 0 Å². The van der Waals surface area contributed by atoms with Gasteiger partial charge < -0.3 is 5.32 Å². The summed E-state index contributed by atoms with van der Waals surface area (Å²) in [5, 5.41) is 8.71. The maximum absolute atomic E-state index is 4.54. The van der Waals surface area contributed by atoms with E-state index in [0.717, 1.165) is 35.5 Å². The highest BCUT2D eigenvalue weighted by Gasteiger charge is 2.06. The second-order valence-corrected chi connectivity index (χ2v) is 9.91. The van der Waals surface area contributed by atoms with Gasteiger partial charge in [-0.25, -0.2) is 0 Å². The fourth-order valence-corrected chi connectivity index (χ4v) is 5.01. The van der Waals surface area contributed by atoms with Gasteiger partial charge in [0.2, 0.25) is 0 Å². The highest BCUT2D eigenvalue weighted by Crippen LogP contribution is 2.30. The molecule has 0 aliphatic heterocycles. The summed E-state index contributed by atoms with van der Waals surface area (Å²) in [5.41, 5.74) is 9.63. The molecular weight excluding hydrogens is 448 g/mol. The third kappa shape index (κ3) is 4.96. The number of nitrogens with zero attached hydrogens (tertiary/aromatic N) is 1. The van der Waals surface area contributed by atoms with E-state index >= 15 is 0 Å². The van der Waals surface area contributed by atoms with Crippen LogP contribution in [0.3, 0.4) is 0 Å². The van der Waals surface area contributed by atoms with E-state index in [0.29, 0.717) is 0 Å². The van der Waals surface area contributed by atoms with E-state index in [1.165, 1.54) is 43.8 Å². The monoisotopic (exact) mass is 478 g/mol. The zero-order valence-electron chi connectivity index (χ0n) is 21.3. The Bertz CT molecular complexity index is 1700. The van der Waals surface area contributed by atoms with E-state index in [2.05, 4.69) is 133 Å². The van der Waals surface area contributed by atoms with Crippen LogP contribution in [-0.4, -0.2) is 4.98 Å². The minimum Gasteiger partial charge on any atom is -0.355 e. The van der Waals surface area contributed by atoms with Crippen LogP contribution in [0.15, 0.2) is 115 Å². The quantitative estimate of drug-likeness (QED) is 0.258. The first-order valence-electron chi connectivity index (χ1n) is 12.9. The number of aromatic nitrogens is 1. The lowest BCUT2D eigenvalue weighted by molar-refractivity contribution is 0.962. The van der Waals surface area contributed by atoms with Gasteiger partial charge in [0.05, 0.1) is 5.69 Å². The molecule has 2 heteroatoms. The molecular formula is C35H30N2. The topological polar surface area (TPSA) is 24.9 Å². The lowest BCUT2D eigenvalue weighted by Crippen LogP contribution is -1.94. The van der Waals surface area contributed by atoms with Crippen molar-refractivity contribution in [2.75, 3.05) is 5.32 Å². The number of aryl methyl sites for hydroxylation is 4. The fraction of sp³-hybridized carbons (Fsp3) is 0.114. The predicted molar refractivity (Wildman–Crippen MR) is 158 cm³/mol. The molecule has 0 saturated carbocycles. The SMILES string of the molecule is Cc1ccc(-c2ccc(CCc3ccc4cc(Nc5ccc(C)c6ccccc56)ccc4c3)cc2)nc1. The Kier molecular flexibility index (Phi) is 6.16. The molecule has 0 unspecified atom stereocenters. The molecule has 0 aliphatic rings. The van der Waals surface area contributed by atoms with Gasteiger partial charge in [-0.15, -0.1) is 0 Å². The molecule has 0 fully saturated rings. The van der Waals surface area contributed by atoms with Gasteiger partial charge in [-0.2, -0.15) is 0 Å². The minimum atomic E-state index is 1.02. The van der Waals surface area contributed by atoms with Crippen molar-refractivity contribution in [2.45, 2.75) is 26.7 Å². The van der Waals surface area contributed by atoms with Gasteiger partial charge in [-0.1, -0.05) is 84.9 Å². The van der Waals surface area contributed by atoms with Gasteiger partial charge in [-0.05, 0) is 89.4 Å². The highest BCUT2D eigenvalue weighted by atomic mass is 14.9. The fourth-order valence-electron chi connectivity index (χ4n) is 5.01. The number of rotatable bonds is 6. The minimum absolute atomic E-state index is 1.02. The molecule has 0 aliphatic carbocycles. The lowest BCUT2D eigenvalue weighted by Gasteiger charge is -2.13. The zero-order chi connectivity index (χ0) is 25.2.